The minimum absolute atomic E-state index is 0.344. The van der Waals surface area contributed by atoms with Gasteiger partial charge < -0.3 is 15.3 Å². The molecule has 2 aromatic rings. The van der Waals surface area contributed by atoms with E-state index in [4.69, 9.17) is 5.11 Å². The summed E-state index contributed by atoms with van der Waals surface area (Å²) in [6.45, 7) is 0. The van der Waals surface area contributed by atoms with Gasteiger partial charge in [-0.3, -0.25) is 4.98 Å². The molecule has 0 saturated heterocycles. The van der Waals surface area contributed by atoms with Crippen molar-refractivity contribution in [2.75, 3.05) is 0 Å². The molecule has 0 aliphatic heterocycles. The Balaban J connectivity index is 2.60. The molecule has 1 heterocycles. The molecule has 15 heavy (non-hydrogen) atoms. The van der Waals surface area contributed by atoms with Crippen molar-refractivity contribution >= 4 is 0 Å². The van der Waals surface area contributed by atoms with Gasteiger partial charge in [0, 0.05) is 23.5 Å². The van der Waals surface area contributed by atoms with Gasteiger partial charge in [0.25, 0.3) is 0 Å². The lowest BCUT2D eigenvalue weighted by molar-refractivity contribution is 0.369. The second kappa shape index (κ2) is 3.49. The number of hydrogen-bond acceptors (Lipinski definition) is 4. The minimum atomic E-state index is -0.517. The van der Waals surface area contributed by atoms with E-state index in [0.717, 1.165) is 0 Å². The fourth-order valence-corrected chi connectivity index (χ4v) is 1.32. The fourth-order valence-electron chi connectivity index (χ4n) is 1.32. The molecule has 0 fully saturated rings. The van der Waals surface area contributed by atoms with E-state index in [2.05, 4.69) is 4.98 Å². The first-order chi connectivity index (χ1) is 7.20. The normalized spacial score (nSPS) is 10.1. The Morgan fingerprint density at radius 1 is 0.933 bits per heavy atom. The molecule has 76 valence electrons. The summed E-state index contributed by atoms with van der Waals surface area (Å²) in [6, 6.07) is 6.30. The molecule has 0 bridgehead atoms. The second-order valence-corrected chi connectivity index (χ2v) is 3.07. The van der Waals surface area contributed by atoms with Crippen molar-refractivity contribution < 1.29 is 15.3 Å². The van der Waals surface area contributed by atoms with Crippen molar-refractivity contribution in [2.45, 2.75) is 0 Å². The van der Waals surface area contributed by atoms with Crippen molar-refractivity contribution in [3.05, 3.63) is 36.7 Å². The van der Waals surface area contributed by atoms with Crippen molar-refractivity contribution in [1.29, 1.82) is 0 Å². The molecule has 1 aromatic carbocycles. The fraction of sp³-hybridized carbons (Fsp3) is 0. The first kappa shape index (κ1) is 9.33. The van der Waals surface area contributed by atoms with Crippen molar-refractivity contribution in [3.63, 3.8) is 0 Å². The van der Waals surface area contributed by atoms with Gasteiger partial charge in [0.2, 0.25) is 5.75 Å². The number of rotatable bonds is 1. The molecule has 2 rings (SSSR count). The van der Waals surface area contributed by atoms with E-state index in [-0.39, 0.29) is 11.5 Å². The Morgan fingerprint density at radius 2 is 1.73 bits per heavy atom. The molecule has 0 radical (unpaired) electrons. The third-order valence-electron chi connectivity index (χ3n) is 2.10. The zero-order valence-electron chi connectivity index (χ0n) is 7.75. The summed E-state index contributed by atoms with van der Waals surface area (Å²) in [6.07, 6.45) is 3.17. The summed E-state index contributed by atoms with van der Waals surface area (Å²) in [5, 5.41) is 28.1. The van der Waals surface area contributed by atoms with Gasteiger partial charge in [0.05, 0.1) is 0 Å². The van der Waals surface area contributed by atoms with Gasteiger partial charge in [0.15, 0.2) is 11.5 Å². The van der Waals surface area contributed by atoms with Crippen LogP contribution in [0.1, 0.15) is 0 Å². The van der Waals surface area contributed by atoms with Crippen LogP contribution in [0.5, 0.6) is 17.2 Å². The summed E-state index contributed by atoms with van der Waals surface area (Å²) in [7, 11) is 0. The highest BCUT2D eigenvalue weighted by molar-refractivity contribution is 5.74. The predicted octanol–water partition coefficient (Wildman–Crippen LogP) is 1.87. The molecular formula is C11H9NO3. The second-order valence-electron chi connectivity index (χ2n) is 3.07. The number of pyridine rings is 1. The highest BCUT2D eigenvalue weighted by atomic mass is 16.3. The zero-order valence-corrected chi connectivity index (χ0v) is 7.75. The van der Waals surface area contributed by atoms with E-state index >= 15 is 0 Å². The highest BCUT2D eigenvalue weighted by Gasteiger charge is 2.11. The molecular weight excluding hydrogens is 194 g/mol. The van der Waals surface area contributed by atoms with Gasteiger partial charge in [-0.15, -0.1) is 0 Å². The first-order valence-corrected chi connectivity index (χ1v) is 4.34. The topological polar surface area (TPSA) is 73.6 Å². The number of hydrogen-bond donors (Lipinski definition) is 3. The largest absolute Gasteiger partial charge is 0.504 e. The van der Waals surface area contributed by atoms with E-state index in [1.807, 2.05) is 0 Å². The number of benzene rings is 1. The number of aromatic hydroxyl groups is 3. The third-order valence-corrected chi connectivity index (χ3v) is 2.10. The average molecular weight is 203 g/mol. The van der Waals surface area contributed by atoms with E-state index in [1.165, 1.54) is 12.1 Å². The van der Waals surface area contributed by atoms with Gasteiger partial charge in [0.1, 0.15) is 0 Å². The molecule has 1 aromatic heterocycles. The Morgan fingerprint density at radius 3 is 2.40 bits per heavy atom. The van der Waals surface area contributed by atoms with E-state index < -0.39 is 5.75 Å². The van der Waals surface area contributed by atoms with Crippen LogP contribution < -0.4 is 0 Å². The molecule has 0 spiro atoms. The highest BCUT2D eigenvalue weighted by Crippen LogP contribution is 2.41. The maximum Gasteiger partial charge on any atom is 0.200 e. The lowest BCUT2D eigenvalue weighted by atomic mass is 10.1. The smallest absolute Gasteiger partial charge is 0.200 e. The van der Waals surface area contributed by atoms with Crippen LogP contribution in [0.4, 0.5) is 0 Å². The van der Waals surface area contributed by atoms with Crippen LogP contribution in [0, 0.1) is 0 Å². The summed E-state index contributed by atoms with van der Waals surface area (Å²) in [4.78, 5) is 3.90. The molecule has 0 unspecified atom stereocenters. The molecule has 0 aliphatic carbocycles. The first-order valence-electron chi connectivity index (χ1n) is 4.34. The van der Waals surface area contributed by atoms with Gasteiger partial charge >= 0.3 is 0 Å². The number of phenolic OH excluding ortho intramolecular Hbond substituents is 3. The molecule has 0 aliphatic rings. The van der Waals surface area contributed by atoms with E-state index in [0.29, 0.717) is 11.1 Å². The predicted molar refractivity (Wildman–Crippen MR) is 54.7 cm³/mol. The quantitative estimate of drug-likeness (QED) is 0.618. The molecule has 0 atom stereocenters. The van der Waals surface area contributed by atoms with Crippen LogP contribution in [0.25, 0.3) is 11.1 Å². The molecule has 4 nitrogen and oxygen atoms in total. The Kier molecular flexibility index (Phi) is 2.17. The lowest BCUT2D eigenvalue weighted by Gasteiger charge is -2.06. The van der Waals surface area contributed by atoms with Crippen molar-refractivity contribution in [3.8, 4) is 28.4 Å². The SMILES string of the molecule is Oc1ccc(-c2cccnc2)c(O)c1O. The summed E-state index contributed by atoms with van der Waals surface area (Å²) in [5.74, 6) is -1.21. The maximum absolute atomic E-state index is 9.59. The Bertz CT molecular complexity index is 483. The van der Waals surface area contributed by atoms with Crippen LogP contribution in [0.3, 0.4) is 0 Å². The monoisotopic (exact) mass is 203 g/mol. The van der Waals surface area contributed by atoms with E-state index in [9.17, 15) is 10.2 Å². The van der Waals surface area contributed by atoms with Crippen molar-refractivity contribution in [2.24, 2.45) is 0 Å². The van der Waals surface area contributed by atoms with Crippen LogP contribution in [-0.4, -0.2) is 20.3 Å². The molecule has 3 N–H and O–H groups in total. The average Bonchev–Trinajstić information content (AvgIpc) is 2.27. The van der Waals surface area contributed by atoms with Gasteiger partial charge in [-0.2, -0.15) is 0 Å². The maximum atomic E-state index is 9.59. The Hall–Kier alpha value is -2.23. The zero-order chi connectivity index (χ0) is 10.8. The lowest BCUT2D eigenvalue weighted by Crippen LogP contribution is -1.81. The van der Waals surface area contributed by atoms with Gasteiger partial charge in [-0.25, -0.2) is 0 Å². The minimum Gasteiger partial charge on any atom is -0.504 e. The van der Waals surface area contributed by atoms with Crippen LogP contribution in [0.2, 0.25) is 0 Å². The van der Waals surface area contributed by atoms with Crippen LogP contribution in [-0.2, 0) is 0 Å². The molecule has 0 amide bonds. The number of nitrogens with zero attached hydrogens (tertiary/aromatic N) is 1. The number of phenols is 3. The number of aromatic nitrogens is 1. The standard InChI is InChI=1S/C11H9NO3/c13-9-4-3-8(10(14)11(9)15)7-2-1-5-12-6-7/h1-6,13-15H. The summed E-state index contributed by atoms with van der Waals surface area (Å²) < 4.78 is 0. The Labute approximate surface area is 86.1 Å². The van der Waals surface area contributed by atoms with E-state index in [1.54, 1.807) is 24.5 Å². The van der Waals surface area contributed by atoms with Gasteiger partial charge in [-0.05, 0) is 18.2 Å². The summed E-state index contributed by atoms with van der Waals surface area (Å²) in [5.41, 5.74) is 1.10. The van der Waals surface area contributed by atoms with Crippen LogP contribution in [0.15, 0.2) is 36.7 Å². The molecule has 4 heteroatoms. The van der Waals surface area contributed by atoms with Crippen molar-refractivity contribution in [1.82, 2.24) is 4.98 Å². The van der Waals surface area contributed by atoms with Crippen LogP contribution >= 0.6 is 0 Å². The third kappa shape index (κ3) is 1.57. The summed E-state index contributed by atoms with van der Waals surface area (Å²) >= 11 is 0. The molecule has 0 saturated carbocycles. The van der Waals surface area contributed by atoms with Gasteiger partial charge in [-0.1, -0.05) is 6.07 Å².